The van der Waals surface area contributed by atoms with Crippen molar-refractivity contribution in [2.24, 2.45) is 5.92 Å². The van der Waals surface area contributed by atoms with Crippen molar-refractivity contribution in [3.05, 3.63) is 45.3 Å². The van der Waals surface area contributed by atoms with Gasteiger partial charge < -0.3 is 10.1 Å². The SMILES string of the molecule is CC[C@H](Oc1ccc(C)c(C)c1)C(=O)Nc1sc2c(c1C#N)CC[C@H](C)C2. The summed E-state index contributed by atoms with van der Waals surface area (Å²) < 4.78 is 5.94. The molecule has 0 fully saturated rings. The average Bonchev–Trinajstić information content (AvgIpc) is 2.98. The van der Waals surface area contributed by atoms with Gasteiger partial charge in [0.25, 0.3) is 5.91 Å². The predicted molar refractivity (Wildman–Crippen MR) is 109 cm³/mol. The summed E-state index contributed by atoms with van der Waals surface area (Å²) in [5.74, 6) is 1.13. The number of amides is 1. The summed E-state index contributed by atoms with van der Waals surface area (Å²) >= 11 is 1.55. The normalized spacial score (nSPS) is 16.9. The molecular weight excluding hydrogens is 356 g/mol. The van der Waals surface area contributed by atoms with Crippen LogP contribution in [0.15, 0.2) is 18.2 Å². The fourth-order valence-electron chi connectivity index (χ4n) is 3.42. The number of nitrogens with one attached hydrogen (secondary N) is 1. The summed E-state index contributed by atoms with van der Waals surface area (Å²) in [5.41, 5.74) is 4.08. The Kier molecular flexibility index (Phi) is 5.86. The molecule has 27 heavy (non-hydrogen) atoms. The van der Waals surface area contributed by atoms with E-state index < -0.39 is 6.10 Å². The van der Waals surface area contributed by atoms with Crippen LogP contribution in [-0.4, -0.2) is 12.0 Å². The zero-order valence-corrected chi connectivity index (χ0v) is 17.2. The highest BCUT2D eigenvalue weighted by atomic mass is 32.1. The molecule has 0 spiro atoms. The fraction of sp³-hybridized carbons (Fsp3) is 0.455. The molecule has 0 aliphatic heterocycles. The van der Waals surface area contributed by atoms with Crippen LogP contribution in [0.5, 0.6) is 5.75 Å². The Morgan fingerprint density at radius 2 is 2.19 bits per heavy atom. The van der Waals surface area contributed by atoms with Crippen molar-refractivity contribution >= 4 is 22.2 Å². The van der Waals surface area contributed by atoms with E-state index in [2.05, 4.69) is 18.3 Å². The molecule has 2 aromatic rings. The molecule has 1 aliphatic rings. The molecule has 0 bridgehead atoms. The van der Waals surface area contributed by atoms with Crippen molar-refractivity contribution in [2.75, 3.05) is 5.32 Å². The van der Waals surface area contributed by atoms with Crippen LogP contribution < -0.4 is 10.1 Å². The largest absolute Gasteiger partial charge is 0.481 e. The first kappa shape index (κ1) is 19.4. The highest BCUT2D eigenvalue weighted by Gasteiger charge is 2.26. The number of fused-ring (bicyclic) bond motifs is 1. The maximum Gasteiger partial charge on any atom is 0.266 e. The van der Waals surface area contributed by atoms with Gasteiger partial charge in [-0.1, -0.05) is 19.9 Å². The van der Waals surface area contributed by atoms with Crippen LogP contribution in [0.3, 0.4) is 0 Å². The van der Waals surface area contributed by atoms with Gasteiger partial charge in [0.1, 0.15) is 16.8 Å². The molecule has 1 aliphatic carbocycles. The number of rotatable bonds is 5. The Balaban J connectivity index is 1.77. The number of anilines is 1. The van der Waals surface area contributed by atoms with E-state index in [1.54, 1.807) is 11.3 Å². The van der Waals surface area contributed by atoms with Gasteiger partial charge in [-0.25, -0.2) is 0 Å². The highest BCUT2D eigenvalue weighted by molar-refractivity contribution is 7.16. The van der Waals surface area contributed by atoms with E-state index in [1.807, 2.05) is 39.0 Å². The van der Waals surface area contributed by atoms with Gasteiger partial charge in [-0.15, -0.1) is 11.3 Å². The number of carbonyl (C=O) groups is 1. The molecule has 1 aromatic heterocycles. The number of nitrogens with zero attached hydrogens (tertiary/aromatic N) is 1. The van der Waals surface area contributed by atoms with E-state index in [-0.39, 0.29) is 5.91 Å². The maximum absolute atomic E-state index is 12.8. The monoisotopic (exact) mass is 382 g/mol. The number of aryl methyl sites for hydroxylation is 2. The summed E-state index contributed by atoms with van der Waals surface area (Å²) in [4.78, 5) is 14.0. The molecule has 3 rings (SSSR count). The maximum atomic E-state index is 12.8. The number of carbonyl (C=O) groups excluding carboxylic acids is 1. The second-order valence-corrected chi connectivity index (χ2v) is 8.52. The van der Waals surface area contributed by atoms with E-state index >= 15 is 0 Å². The second-order valence-electron chi connectivity index (χ2n) is 7.42. The van der Waals surface area contributed by atoms with Crippen molar-refractivity contribution in [3.8, 4) is 11.8 Å². The highest BCUT2D eigenvalue weighted by Crippen LogP contribution is 2.39. The van der Waals surface area contributed by atoms with Crippen molar-refractivity contribution in [3.63, 3.8) is 0 Å². The lowest BCUT2D eigenvalue weighted by atomic mass is 9.88. The molecule has 1 N–H and O–H groups in total. The minimum absolute atomic E-state index is 0.195. The van der Waals surface area contributed by atoms with Crippen LogP contribution in [0, 0.1) is 31.1 Å². The second kappa shape index (κ2) is 8.14. The topological polar surface area (TPSA) is 62.1 Å². The molecule has 0 saturated heterocycles. The van der Waals surface area contributed by atoms with E-state index in [0.717, 1.165) is 30.4 Å². The van der Waals surface area contributed by atoms with Gasteiger partial charge in [0.2, 0.25) is 0 Å². The van der Waals surface area contributed by atoms with Gasteiger partial charge in [-0.05, 0) is 74.3 Å². The van der Waals surface area contributed by atoms with Gasteiger partial charge in [0.15, 0.2) is 6.10 Å². The summed E-state index contributed by atoms with van der Waals surface area (Å²) in [6, 6.07) is 8.15. The molecule has 1 amide bonds. The zero-order valence-electron chi connectivity index (χ0n) is 16.4. The zero-order chi connectivity index (χ0) is 19.6. The first-order chi connectivity index (χ1) is 12.9. The van der Waals surface area contributed by atoms with Gasteiger partial charge in [0, 0.05) is 4.88 Å². The molecule has 1 aromatic carbocycles. The molecule has 0 saturated carbocycles. The quantitative estimate of drug-likeness (QED) is 0.777. The number of thiophene rings is 1. The lowest BCUT2D eigenvalue weighted by Crippen LogP contribution is -2.32. The van der Waals surface area contributed by atoms with Crippen LogP contribution in [0.2, 0.25) is 0 Å². The van der Waals surface area contributed by atoms with Crippen LogP contribution in [-0.2, 0) is 17.6 Å². The van der Waals surface area contributed by atoms with E-state index in [0.29, 0.717) is 28.7 Å². The smallest absolute Gasteiger partial charge is 0.266 e. The molecule has 0 radical (unpaired) electrons. The Labute approximate surface area is 165 Å². The van der Waals surface area contributed by atoms with Gasteiger partial charge in [-0.2, -0.15) is 5.26 Å². The third-order valence-corrected chi connectivity index (χ3v) is 6.45. The van der Waals surface area contributed by atoms with Crippen LogP contribution in [0.4, 0.5) is 5.00 Å². The van der Waals surface area contributed by atoms with Crippen molar-refractivity contribution in [1.29, 1.82) is 5.26 Å². The van der Waals surface area contributed by atoms with Gasteiger partial charge in [-0.3, -0.25) is 4.79 Å². The van der Waals surface area contributed by atoms with E-state index in [4.69, 9.17) is 4.74 Å². The standard InChI is InChI=1S/C22H26N2O2S/c1-5-19(26-16-8-7-14(3)15(4)11-16)21(25)24-22-18(12-23)17-9-6-13(2)10-20(17)27-22/h7-8,11,13,19H,5-6,9-10H2,1-4H3,(H,24,25)/t13-,19-/m0/s1. The molecule has 142 valence electrons. The summed E-state index contributed by atoms with van der Waals surface area (Å²) in [6.07, 6.45) is 2.97. The number of hydrogen-bond donors (Lipinski definition) is 1. The van der Waals surface area contributed by atoms with E-state index in [1.165, 1.54) is 10.4 Å². The minimum Gasteiger partial charge on any atom is -0.481 e. The molecule has 5 heteroatoms. The first-order valence-electron chi connectivity index (χ1n) is 9.52. The predicted octanol–water partition coefficient (Wildman–Crippen LogP) is 5.16. The Hall–Kier alpha value is -2.32. The molecule has 2 atom stereocenters. The van der Waals surface area contributed by atoms with Gasteiger partial charge >= 0.3 is 0 Å². The average molecular weight is 383 g/mol. The lowest BCUT2D eigenvalue weighted by Gasteiger charge is -2.18. The number of nitriles is 1. The van der Waals surface area contributed by atoms with Crippen LogP contribution in [0.1, 0.15) is 53.8 Å². The molecular formula is C22H26N2O2S. The number of benzene rings is 1. The van der Waals surface area contributed by atoms with Crippen molar-refractivity contribution < 1.29 is 9.53 Å². The first-order valence-corrected chi connectivity index (χ1v) is 10.3. The minimum atomic E-state index is -0.586. The molecule has 4 nitrogen and oxygen atoms in total. The van der Waals surface area contributed by atoms with Crippen LogP contribution in [0.25, 0.3) is 0 Å². The van der Waals surface area contributed by atoms with Crippen molar-refractivity contribution in [2.45, 2.75) is 59.5 Å². The summed E-state index contributed by atoms with van der Waals surface area (Å²) in [5, 5.41) is 13.2. The molecule has 1 heterocycles. The third kappa shape index (κ3) is 4.17. The van der Waals surface area contributed by atoms with Crippen molar-refractivity contribution in [1.82, 2.24) is 0 Å². The van der Waals surface area contributed by atoms with Crippen LogP contribution >= 0.6 is 11.3 Å². The third-order valence-electron chi connectivity index (χ3n) is 5.28. The Morgan fingerprint density at radius 3 is 2.85 bits per heavy atom. The fourth-order valence-corrected chi connectivity index (χ4v) is 4.79. The lowest BCUT2D eigenvalue weighted by molar-refractivity contribution is -0.122. The number of hydrogen-bond acceptors (Lipinski definition) is 4. The molecule has 0 unspecified atom stereocenters. The van der Waals surface area contributed by atoms with E-state index in [9.17, 15) is 10.1 Å². The number of ether oxygens (including phenoxy) is 1. The Morgan fingerprint density at radius 1 is 1.41 bits per heavy atom. The summed E-state index contributed by atoms with van der Waals surface area (Å²) in [7, 11) is 0. The Bertz CT molecular complexity index is 894. The van der Waals surface area contributed by atoms with Gasteiger partial charge in [0.05, 0.1) is 5.56 Å². The summed E-state index contributed by atoms with van der Waals surface area (Å²) in [6.45, 7) is 8.24.